The third kappa shape index (κ3) is 3.30. The number of ether oxygens (including phenoxy) is 1. The molecule has 2 aliphatic carbocycles. The van der Waals surface area contributed by atoms with Crippen molar-refractivity contribution in [1.82, 2.24) is 19.9 Å². The molecule has 10 heteroatoms. The van der Waals surface area contributed by atoms with Gasteiger partial charge in [0, 0.05) is 51.2 Å². The minimum atomic E-state index is -0.539. The molecule has 1 spiro atoms. The van der Waals surface area contributed by atoms with Crippen molar-refractivity contribution in [2.45, 2.75) is 11.8 Å². The second-order valence-corrected chi connectivity index (χ2v) is 10.9. The lowest BCUT2D eigenvalue weighted by molar-refractivity contribution is 0.0594. The van der Waals surface area contributed by atoms with E-state index in [1.54, 1.807) is 29.2 Å². The number of aromatic amines is 3. The molecular weight excluding hydrogens is 522 g/mol. The van der Waals surface area contributed by atoms with Crippen molar-refractivity contribution < 1.29 is 23.9 Å². The zero-order chi connectivity index (χ0) is 28.0. The second kappa shape index (κ2) is 8.07. The Balaban J connectivity index is 1.06. The number of H-pyrrole nitrogens is 3. The van der Waals surface area contributed by atoms with Crippen LogP contribution in [0.4, 0.5) is 5.69 Å². The van der Waals surface area contributed by atoms with Crippen LogP contribution in [-0.2, 0) is 10.2 Å². The van der Waals surface area contributed by atoms with E-state index >= 15 is 0 Å². The van der Waals surface area contributed by atoms with Gasteiger partial charge < -0.3 is 29.9 Å². The van der Waals surface area contributed by atoms with Crippen molar-refractivity contribution in [3.05, 3.63) is 101 Å². The van der Waals surface area contributed by atoms with Crippen molar-refractivity contribution in [2.75, 3.05) is 19.0 Å². The fourth-order valence-electron chi connectivity index (χ4n) is 6.57. The summed E-state index contributed by atoms with van der Waals surface area (Å²) >= 11 is 0. The maximum atomic E-state index is 13.7. The molecule has 8 rings (SSSR count). The van der Waals surface area contributed by atoms with Gasteiger partial charge in [-0.15, -0.1) is 0 Å². The number of amides is 2. The Hall–Kier alpha value is -5.38. The Morgan fingerprint density at radius 2 is 1.71 bits per heavy atom. The number of nitrogens with zero attached hydrogens (tertiary/aromatic N) is 1. The van der Waals surface area contributed by atoms with Gasteiger partial charge in [0.25, 0.3) is 11.8 Å². The number of aromatic nitrogens is 3. The number of piperidine rings is 1. The van der Waals surface area contributed by atoms with E-state index in [0.29, 0.717) is 35.0 Å². The van der Waals surface area contributed by atoms with Crippen LogP contribution < -0.4 is 5.32 Å². The quantitative estimate of drug-likeness (QED) is 0.246. The number of methoxy groups -OCH3 is 1. The van der Waals surface area contributed by atoms with Crippen LogP contribution in [-0.4, -0.2) is 57.1 Å². The fraction of sp³-hybridized carbons (Fsp3) is 0.161. The third-order valence-electron chi connectivity index (χ3n) is 8.60. The van der Waals surface area contributed by atoms with Gasteiger partial charge in [-0.05, 0) is 60.4 Å². The van der Waals surface area contributed by atoms with Crippen LogP contribution in [0, 0.1) is 5.92 Å². The largest absolute Gasteiger partial charge is 0.464 e. The minimum Gasteiger partial charge on any atom is -0.464 e. The van der Waals surface area contributed by atoms with Crippen LogP contribution in [0.15, 0.2) is 72.4 Å². The summed E-state index contributed by atoms with van der Waals surface area (Å²) in [6, 6.07) is 18.4. The molecule has 202 valence electrons. The van der Waals surface area contributed by atoms with Crippen LogP contribution in [0.2, 0.25) is 0 Å². The molecule has 5 aromatic rings. The Bertz CT molecular complexity index is 1990. The molecule has 0 radical (unpaired) electrons. The van der Waals surface area contributed by atoms with Gasteiger partial charge in [-0.25, -0.2) is 4.79 Å². The average molecular weight is 546 g/mol. The molecule has 3 aliphatic rings. The van der Waals surface area contributed by atoms with Gasteiger partial charge in [-0.3, -0.25) is 14.4 Å². The number of ketones is 1. The standard InChI is InChI=1S/C31H23N5O5/c1-41-30(40)24-11-19-27(35-24)25(37)12-26-31(19)13-17(31)14-36(26)29(39)23-10-16-8-18(6-7-21(16)34-23)32-28(38)22-9-15-4-2-3-5-20(15)33-22/h2-12,17,33-35H,13-14H2,1H3,(H,32,38)/t17-,31-/m1/s1. The number of likely N-dealkylation sites (tertiary alicyclic amines) is 1. The first kappa shape index (κ1) is 23.5. The molecule has 2 atom stereocenters. The van der Waals surface area contributed by atoms with Gasteiger partial charge in [-0.2, -0.15) is 0 Å². The molecule has 4 N–H and O–H groups in total. The van der Waals surface area contributed by atoms with E-state index in [1.165, 1.54) is 13.2 Å². The van der Waals surface area contributed by atoms with E-state index in [1.807, 2.05) is 36.4 Å². The number of hydrogen-bond donors (Lipinski definition) is 4. The first-order chi connectivity index (χ1) is 19.9. The Kier molecular flexibility index (Phi) is 4.63. The molecule has 1 aliphatic heterocycles. The highest BCUT2D eigenvalue weighted by molar-refractivity contribution is 6.10. The highest BCUT2D eigenvalue weighted by Gasteiger charge is 2.68. The summed E-state index contributed by atoms with van der Waals surface area (Å²) in [7, 11) is 1.29. The third-order valence-corrected chi connectivity index (χ3v) is 8.60. The zero-order valence-corrected chi connectivity index (χ0v) is 21.8. The van der Waals surface area contributed by atoms with E-state index in [-0.39, 0.29) is 29.2 Å². The van der Waals surface area contributed by atoms with Crippen LogP contribution >= 0.6 is 0 Å². The predicted octanol–water partition coefficient (Wildman–Crippen LogP) is 4.51. The second-order valence-electron chi connectivity index (χ2n) is 10.9. The fourth-order valence-corrected chi connectivity index (χ4v) is 6.57. The number of anilines is 1. The monoisotopic (exact) mass is 545 g/mol. The molecule has 2 aromatic carbocycles. The molecule has 2 amide bonds. The summed E-state index contributed by atoms with van der Waals surface area (Å²) in [6.07, 6.45) is 2.33. The summed E-state index contributed by atoms with van der Waals surface area (Å²) in [5.41, 5.74) is 4.67. The topological polar surface area (TPSA) is 140 Å². The van der Waals surface area contributed by atoms with E-state index in [0.717, 1.165) is 33.8 Å². The van der Waals surface area contributed by atoms with Gasteiger partial charge in [-0.1, -0.05) is 18.2 Å². The molecule has 4 heterocycles. The van der Waals surface area contributed by atoms with Gasteiger partial charge in [0.1, 0.15) is 17.1 Å². The number of fused-ring (bicyclic) bond motifs is 3. The molecule has 10 nitrogen and oxygen atoms in total. The molecule has 2 fully saturated rings. The van der Waals surface area contributed by atoms with E-state index < -0.39 is 11.4 Å². The number of carbonyl (C=O) groups excluding carboxylic acids is 4. The number of benzene rings is 2. The van der Waals surface area contributed by atoms with Crippen molar-refractivity contribution in [1.29, 1.82) is 0 Å². The SMILES string of the molecule is COC(=O)c1cc2c([nH]1)C(=O)C=C1N(C(=O)c3cc4cc(NC(=O)c5cc6ccccc6[nH]5)ccc4[nH]3)C[C@H]3C[C@]123. The maximum Gasteiger partial charge on any atom is 0.354 e. The Morgan fingerprint density at radius 1 is 0.927 bits per heavy atom. The molecular formula is C31H23N5O5. The van der Waals surface area contributed by atoms with Gasteiger partial charge in [0.15, 0.2) is 0 Å². The van der Waals surface area contributed by atoms with Crippen molar-refractivity contribution in [2.24, 2.45) is 5.92 Å². The van der Waals surface area contributed by atoms with Crippen LogP contribution in [0.5, 0.6) is 0 Å². The number of carbonyl (C=O) groups is 4. The predicted molar refractivity (Wildman–Crippen MR) is 150 cm³/mol. The lowest BCUT2D eigenvalue weighted by atomic mass is 9.85. The minimum absolute atomic E-state index is 0.168. The first-order valence-corrected chi connectivity index (χ1v) is 13.3. The van der Waals surface area contributed by atoms with Crippen molar-refractivity contribution in [3.8, 4) is 0 Å². The number of hydrogen-bond acceptors (Lipinski definition) is 5. The average Bonchev–Trinajstić information content (AvgIpc) is 3.46. The number of nitrogens with one attached hydrogen (secondary N) is 4. The summed E-state index contributed by atoms with van der Waals surface area (Å²) < 4.78 is 4.83. The van der Waals surface area contributed by atoms with Gasteiger partial charge >= 0.3 is 5.97 Å². The maximum absolute atomic E-state index is 13.7. The van der Waals surface area contributed by atoms with Crippen LogP contribution in [0.3, 0.4) is 0 Å². The highest BCUT2D eigenvalue weighted by atomic mass is 16.5. The molecule has 1 saturated heterocycles. The summed E-state index contributed by atoms with van der Waals surface area (Å²) in [6.45, 7) is 0.483. The highest BCUT2D eigenvalue weighted by Crippen LogP contribution is 2.66. The lowest BCUT2D eigenvalue weighted by Crippen LogP contribution is -2.33. The number of esters is 1. The summed E-state index contributed by atoms with van der Waals surface area (Å²) in [5, 5.41) is 4.64. The number of rotatable bonds is 4. The smallest absolute Gasteiger partial charge is 0.354 e. The summed E-state index contributed by atoms with van der Waals surface area (Å²) in [4.78, 5) is 62.6. The molecule has 0 bridgehead atoms. The Labute approximate surface area is 232 Å². The molecule has 0 unspecified atom stereocenters. The van der Waals surface area contributed by atoms with Gasteiger partial charge in [0.05, 0.1) is 12.8 Å². The molecule has 1 saturated carbocycles. The number of allylic oxidation sites excluding steroid dienone is 2. The van der Waals surface area contributed by atoms with E-state index in [9.17, 15) is 19.2 Å². The van der Waals surface area contributed by atoms with Crippen LogP contribution in [0.1, 0.15) is 53.9 Å². The normalized spacial score (nSPS) is 20.4. The molecule has 41 heavy (non-hydrogen) atoms. The summed E-state index contributed by atoms with van der Waals surface area (Å²) in [5.74, 6) is -1.14. The van der Waals surface area contributed by atoms with Gasteiger partial charge in [0.2, 0.25) is 5.78 Å². The van der Waals surface area contributed by atoms with Crippen molar-refractivity contribution >= 4 is 51.1 Å². The lowest BCUT2D eigenvalue weighted by Gasteiger charge is -2.27. The van der Waals surface area contributed by atoms with Crippen molar-refractivity contribution in [3.63, 3.8) is 0 Å². The molecule has 3 aromatic heterocycles. The zero-order valence-electron chi connectivity index (χ0n) is 21.8. The van der Waals surface area contributed by atoms with E-state index in [4.69, 9.17) is 4.74 Å². The number of para-hydroxylation sites is 1. The van der Waals surface area contributed by atoms with Crippen LogP contribution in [0.25, 0.3) is 21.8 Å². The first-order valence-electron chi connectivity index (χ1n) is 13.3. The van der Waals surface area contributed by atoms with E-state index in [2.05, 4.69) is 20.3 Å². The Morgan fingerprint density at radius 3 is 2.54 bits per heavy atom.